The molecule has 0 heterocycles. The topological polar surface area (TPSA) is 55.1 Å². The fraction of sp³-hybridized carbons (Fsp3) is 0.923. The predicted molar refractivity (Wildman–Crippen MR) is 67.0 cm³/mol. The third-order valence-electron chi connectivity index (χ3n) is 3.95. The summed E-state index contributed by atoms with van der Waals surface area (Å²) in [4.78, 5) is 11.1. The molecule has 0 radical (unpaired) electrons. The SMILES string of the molecule is CCC1CCC(CNC(CC)C(N)=O)CC1. The van der Waals surface area contributed by atoms with Crippen LogP contribution in [0.3, 0.4) is 0 Å². The molecule has 3 N–H and O–H groups in total. The van der Waals surface area contributed by atoms with Crippen LogP contribution in [0.15, 0.2) is 0 Å². The van der Waals surface area contributed by atoms with Gasteiger partial charge in [-0.15, -0.1) is 0 Å². The second-order valence-corrected chi connectivity index (χ2v) is 5.07. The molecular weight excluding hydrogens is 200 g/mol. The molecule has 0 saturated heterocycles. The fourth-order valence-corrected chi connectivity index (χ4v) is 2.60. The van der Waals surface area contributed by atoms with Gasteiger partial charge in [0, 0.05) is 0 Å². The van der Waals surface area contributed by atoms with E-state index in [-0.39, 0.29) is 11.9 Å². The second kappa shape index (κ2) is 6.89. The third-order valence-corrected chi connectivity index (χ3v) is 3.95. The molecule has 1 aliphatic carbocycles. The first-order chi connectivity index (χ1) is 7.67. The van der Waals surface area contributed by atoms with Crippen molar-refractivity contribution in [2.45, 2.75) is 58.4 Å². The summed E-state index contributed by atoms with van der Waals surface area (Å²) in [6.07, 6.45) is 7.44. The van der Waals surface area contributed by atoms with E-state index in [9.17, 15) is 4.79 Å². The first-order valence-corrected chi connectivity index (χ1v) is 6.70. The van der Waals surface area contributed by atoms with E-state index in [0.717, 1.165) is 24.8 Å². The Bertz CT molecular complexity index is 210. The fourth-order valence-electron chi connectivity index (χ4n) is 2.60. The molecule has 1 saturated carbocycles. The maximum Gasteiger partial charge on any atom is 0.234 e. The van der Waals surface area contributed by atoms with Crippen molar-refractivity contribution in [3.63, 3.8) is 0 Å². The Morgan fingerprint density at radius 2 is 1.81 bits per heavy atom. The highest BCUT2D eigenvalue weighted by Gasteiger charge is 2.21. The Kier molecular flexibility index (Phi) is 5.81. The molecule has 1 amide bonds. The lowest BCUT2D eigenvalue weighted by atomic mass is 9.81. The zero-order valence-electron chi connectivity index (χ0n) is 10.7. The molecule has 1 fully saturated rings. The highest BCUT2D eigenvalue weighted by atomic mass is 16.1. The normalized spacial score (nSPS) is 27.6. The maximum absolute atomic E-state index is 11.1. The van der Waals surface area contributed by atoms with Crippen molar-refractivity contribution in [2.24, 2.45) is 17.6 Å². The highest BCUT2D eigenvalue weighted by Crippen LogP contribution is 2.30. The molecule has 1 unspecified atom stereocenters. The molecule has 0 bridgehead atoms. The van der Waals surface area contributed by atoms with E-state index in [0.29, 0.717) is 0 Å². The van der Waals surface area contributed by atoms with Gasteiger partial charge in [0.25, 0.3) is 0 Å². The number of carbonyl (C=O) groups is 1. The van der Waals surface area contributed by atoms with Gasteiger partial charge in [-0.25, -0.2) is 0 Å². The van der Waals surface area contributed by atoms with Gasteiger partial charge >= 0.3 is 0 Å². The standard InChI is InChI=1S/C13H26N2O/c1-3-10-5-7-11(8-6-10)9-15-12(4-2)13(14)16/h10-12,15H,3-9H2,1-2H3,(H2,14,16). The summed E-state index contributed by atoms with van der Waals surface area (Å²) in [5, 5.41) is 3.30. The molecule has 0 aliphatic heterocycles. The lowest BCUT2D eigenvalue weighted by Crippen LogP contribution is -2.43. The quantitative estimate of drug-likeness (QED) is 0.728. The first-order valence-electron chi connectivity index (χ1n) is 6.70. The Balaban J connectivity index is 2.21. The molecule has 0 aromatic rings. The molecule has 0 aromatic heterocycles. The lowest BCUT2D eigenvalue weighted by Gasteiger charge is -2.28. The summed E-state index contributed by atoms with van der Waals surface area (Å²) in [5.74, 6) is 1.47. The zero-order valence-corrected chi connectivity index (χ0v) is 10.7. The summed E-state index contributed by atoms with van der Waals surface area (Å²) in [6, 6.07) is -0.135. The molecule has 0 spiro atoms. The number of nitrogens with two attached hydrogens (primary N) is 1. The molecule has 1 atom stereocenters. The van der Waals surface area contributed by atoms with Crippen LogP contribution in [-0.4, -0.2) is 18.5 Å². The molecule has 94 valence electrons. The Morgan fingerprint density at radius 3 is 2.25 bits per heavy atom. The Hall–Kier alpha value is -0.570. The van der Waals surface area contributed by atoms with E-state index in [4.69, 9.17) is 5.73 Å². The van der Waals surface area contributed by atoms with Crippen LogP contribution in [0.25, 0.3) is 0 Å². The Morgan fingerprint density at radius 1 is 1.25 bits per heavy atom. The smallest absolute Gasteiger partial charge is 0.234 e. The largest absolute Gasteiger partial charge is 0.368 e. The predicted octanol–water partition coefficient (Wildman–Crippen LogP) is 2.06. The van der Waals surface area contributed by atoms with Gasteiger partial charge in [0.2, 0.25) is 5.91 Å². The first kappa shape index (κ1) is 13.5. The number of nitrogens with one attached hydrogen (secondary N) is 1. The molecule has 1 rings (SSSR count). The van der Waals surface area contributed by atoms with Crippen molar-refractivity contribution in [2.75, 3.05) is 6.54 Å². The minimum Gasteiger partial charge on any atom is -0.368 e. The van der Waals surface area contributed by atoms with E-state index in [1.807, 2.05) is 6.92 Å². The minimum absolute atomic E-state index is 0.135. The van der Waals surface area contributed by atoms with Crippen molar-refractivity contribution in [1.29, 1.82) is 0 Å². The van der Waals surface area contributed by atoms with E-state index < -0.39 is 0 Å². The summed E-state index contributed by atoms with van der Waals surface area (Å²) in [6.45, 7) is 5.23. The zero-order chi connectivity index (χ0) is 12.0. The van der Waals surface area contributed by atoms with Crippen LogP contribution in [0.2, 0.25) is 0 Å². The van der Waals surface area contributed by atoms with Gasteiger partial charge in [0.05, 0.1) is 6.04 Å². The van der Waals surface area contributed by atoms with Crippen molar-refractivity contribution < 1.29 is 4.79 Å². The summed E-state index contributed by atoms with van der Waals surface area (Å²) >= 11 is 0. The van der Waals surface area contributed by atoms with Crippen molar-refractivity contribution in [3.05, 3.63) is 0 Å². The van der Waals surface area contributed by atoms with Gasteiger partial charge in [0.1, 0.15) is 0 Å². The van der Waals surface area contributed by atoms with Gasteiger partial charge in [-0.05, 0) is 37.6 Å². The summed E-state index contributed by atoms with van der Waals surface area (Å²) in [7, 11) is 0. The lowest BCUT2D eigenvalue weighted by molar-refractivity contribution is -0.120. The molecular formula is C13H26N2O. The third kappa shape index (κ3) is 4.12. The summed E-state index contributed by atoms with van der Waals surface area (Å²) in [5.41, 5.74) is 5.30. The van der Waals surface area contributed by atoms with Gasteiger partial charge < -0.3 is 11.1 Å². The molecule has 16 heavy (non-hydrogen) atoms. The van der Waals surface area contributed by atoms with Crippen LogP contribution in [0.5, 0.6) is 0 Å². The van der Waals surface area contributed by atoms with Crippen LogP contribution >= 0.6 is 0 Å². The van der Waals surface area contributed by atoms with E-state index in [2.05, 4.69) is 12.2 Å². The van der Waals surface area contributed by atoms with Crippen molar-refractivity contribution in [3.8, 4) is 0 Å². The van der Waals surface area contributed by atoms with Crippen LogP contribution < -0.4 is 11.1 Å². The number of rotatable bonds is 6. The van der Waals surface area contributed by atoms with Crippen molar-refractivity contribution in [1.82, 2.24) is 5.32 Å². The number of hydrogen-bond acceptors (Lipinski definition) is 2. The van der Waals surface area contributed by atoms with Crippen LogP contribution in [-0.2, 0) is 4.79 Å². The maximum atomic E-state index is 11.1. The highest BCUT2D eigenvalue weighted by molar-refractivity contribution is 5.79. The van der Waals surface area contributed by atoms with Gasteiger partial charge in [-0.2, -0.15) is 0 Å². The molecule has 1 aliphatic rings. The number of primary amides is 1. The van der Waals surface area contributed by atoms with Crippen LogP contribution in [0.1, 0.15) is 52.4 Å². The average molecular weight is 226 g/mol. The Labute approximate surface area is 99.2 Å². The number of hydrogen-bond donors (Lipinski definition) is 2. The van der Waals surface area contributed by atoms with Gasteiger partial charge in [-0.1, -0.05) is 33.1 Å². The minimum atomic E-state index is -0.218. The average Bonchev–Trinajstić information content (AvgIpc) is 2.30. The monoisotopic (exact) mass is 226 g/mol. The van der Waals surface area contributed by atoms with E-state index in [1.54, 1.807) is 0 Å². The van der Waals surface area contributed by atoms with E-state index >= 15 is 0 Å². The molecule has 0 aromatic carbocycles. The van der Waals surface area contributed by atoms with Crippen LogP contribution in [0.4, 0.5) is 0 Å². The number of amides is 1. The molecule has 3 nitrogen and oxygen atoms in total. The molecule has 3 heteroatoms. The van der Waals surface area contributed by atoms with Crippen LogP contribution in [0, 0.1) is 11.8 Å². The number of carbonyl (C=O) groups excluding carboxylic acids is 1. The summed E-state index contributed by atoms with van der Waals surface area (Å²) < 4.78 is 0. The van der Waals surface area contributed by atoms with E-state index in [1.165, 1.54) is 32.1 Å². The van der Waals surface area contributed by atoms with Gasteiger partial charge in [0.15, 0.2) is 0 Å². The van der Waals surface area contributed by atoms with Crippen molar-refractivity contribution >= 4 is 5.91 Å². The second-order valence-electron chi connectivity index (χ2n) is 5.07. The van der Waals surface area contributed by atoms with Gasteiger partial charge in [-0.3, -0.25) is 4.79 Å².